The third-order valence-electron chi connectivity index (χ3n) is 3.36. The van der Waals surface area contributed by atoms with Crippen LogP contribution in [-0.4, -0.2) is 16.1 Å². The standard InChI is InChI=1S/C16H11Cl2F3N2O3S/c1-8(27-14-11(17)3-2-4-12(14)18)15(24)22-13-6-5-9(23(25)26)7-10(13)16(19,20)21/h2-8H,1H3,(H,22,24)/t8-/m0/s1. The summed E-state index contributed by atoms with van der Waals surface area (Å²) in [6, 6.07) is 6.85. The minimum absolute atomic E-state index is 0.304. The van der Waals surface area contributed by atoms with Gasteiger partial charge in [0.05, 0.1) is 31.5 Å². The Balaban J connectivity index is 2.25. The number of nitro groups is 1. The first-order valence-corrected chi connectivity index (χ1v) is 8.91. The first kappa shape index (κ1) is 21.3. The second-order valence-corrected chi connectivity index (χ2v) is 7.45. The average Bonchev–Trinajstić information content (AvgIpc) is 2.57. The fourth-order valence-corrected chi connectivity index (χ4v) is 3.59. The van der Waals surface area contributed by atoms with Crippen LogP contribution >= 0.6 is 35.0 Å². The van der Waals surface area contributed by atoms with E-state index < -0.39 is 39.2 Å². The lowest BCUT2D eigenvalue weighted by molar-refractivity contribution is -0.385. The topological polar surface area (TPSA) is 72.2 Å². The Bertz CT molecular complexity index is 873. The molecule has 1 atom stereocenters. The quantitative estimate of drug-likeness (QED) is 0.350. The molecular weight excluding hydrogens is 428 g/mol. The van der Waals surface area contributed by atoms with E-state index in [2.05, 4.69) is 5.32 Å². The summed E-state index contributed by atoms with van der Waals surface area (Å²) in [4.78, 5) is 22.5. The van der Waals surface area contributed by atoms with E-state index >= 15 is 0 Å². The summed E-state index contributed by atoms with van der Waals surface area (Å²) in [5.41, 5.74) is -2.61. The predicted octanol–water partition coefficient (Wildman–Crippen LogP) is 6.04. The van der Waals surface area contributed by atoms with Gasteiger partial charge in [0.25, 0.3) is 5.69 Å². The van der Waals surface area contributed by atoms with Crippen molar-refractivity contribution in [2.24, 2.45) is 0 Å². The molecule has 11 heteroatoms. The summed E-state index contributed by atoms with van der Waals surface area (Å²) < 4.78 is 39.5. The van der Waals surface area contributed by atoms with Crippen molar-refractivity contribution in [1.29, 1.82) is 0 Å². The van der Waals surface area contributed by atoms with Gasteiger partial charge < -0.3 is 5.32 Å². The smallest absolute Gasteiger partial charge is 0.325 e. The summed E-state index contributed by atoms with van der Waals surface area (Å²) in [6.45, 7) is 1.47. The van der Waals surface area contributed by atoms with E-state index in [1.807, 2.05) is 0 Å². The van der Waals surface area contributed by atoms with Crippen LogP contribution in [0, 0.1) is 10.1 Å². The van der Waals surface area contributed by atoms with Gasteiger partial charge in [0.15, 0.2) is 0 Å². The predicted molar refractivity (Wildman–Crippen MR) is 98.5 cm³/mol. The van der Waals surface area contributed by atoms with Crippen LogP contribution in [0.25, 0.3) is 0 Å². The number of hydrogen-bond donors (Lipinski definition) is 1. The number of rotatable bonds is 5. The van der Waals surface area contributed by atoms with E-state index in [-0.39, 0.29) is 0 Å². The molecule has 1 N–H and O–H groups in total. The molecule has 0 saturated heterocycles. The SMILES string of the molecule is C[C@H](Sc1c(Cl)cccc1Cl)C(=O)Nc1ccc([N+](=O)[O-])cc1C(F)(F)F. The van der Waals surface area contributed by atoms with Crippen LogP contribution in [-0.2, 0) is 11.0 Å². The van der Waals surface area contributed by atoms with Crippen molar-refractivity contribution in [3.8, 4) is 0 Å². The molecule has 0 bridgehead atoms. The molecule has 5 nitrogen and oxygen atoms in total. The van der Waals surface area contributed by atoms with Crippen LogP contribution in [0.2, 0.25) is 10.0 Å². The summed E-state index contributed by atoms with van der Waals surface area (Å²) in [6.07, 6.45) is -4.88. The number of non-ortho nitro benzene ring substituents is 1. The molecule has 0 saturated carbocycles. The fraction of sp³-hybridized carbons (Fsp3) is 0.188. The largest absolute Gasteiger partial charge is 0.418 e. The van der Waals surface area contributed by atoms with E-state index in [0.29, 0.717) is 21.0 Å². The number of thioether (sulfide) groups is 1. The molecule has 0 aliphatic carbocycles. The second-order valence-electron chi connectivity index (χ2n) is 5.28. The van der Waals surface area contributed by atoms with E-state index in [1.165, 1.54) is 6.92 Å². The van der Waals surface area contributed by atoms with Crippen LogP contribution in [0.4, 0.5) is 24.5 Å². The zero-order chi connectivity index (χ0) is 20.4. The van der Waals surface area contributed by atoms with Crippen molar-refractivity contribution in [1.82, 2.24) is 0 Å². The molecular formula is C16H11Cl2F3N2O3S. The van der Waals surface area contributed by atoms with E-state index in [4.69, 9.17) is 23.2 Å². The lowest BCUT2D eigenvalue weighted by Crippen LogP contribution is -2.24. The molecule has 0 aliphatic heterocycles. The summed E-state index contributed by atoms with van der Waals surface area (Å²) >= 11 is 13.0. The number of benzene rings is 2. The van der Waals surface area contributed by atoms with Crippen LogP contribution in [0.15, 0.2) is 41.3 Å². The maximum Gasteiger partial charge on any atom is 0.418 e. The van der Waals surface area contributed by atoms with Crippen molar-refractivity contribution in [3.05, 3.63) is 62.1 Å². The number of hydrogen-bond acceptors (Lipinski definition) is 4. The zero-order valence-corrected chi connectivity index (χ0v) is 15.8. The molecule has 0 unspecified atom stereocenters. The number of halogens is 5. The molecule has 2 rings (SSSR count). The number of nitrogens with one attached hydrogen (secondary N) is 1. The highest BCUT2D eigenvalue weighted by Crippen LogP contribution is 2.39. The van der Waals surface area contributed by atoms with Gasteiger partial charge in [-0.2, -0.15) is 13.2 Å². The highest BCUT2D eigenvalue weighted by molar-refractivity contribution is 8.00. The summed E-state index contributed by atoms with van der Waals surface area (Å²) in [7, 11) is 0. The van der Waals surface area contributed by atoms with E-state index in [0.717, 1.165) is 23.9 Å². The third-order valence-corrected chi connectivity index (χ3v) is 5.46. The Morgan fingerprint density at radius 3 is 2.33 bits per heavy atom. The number of amides is 1. The second kappa shape index (κ2) is 8.37. The van der Waals surface area contributed by atoms with Crippen molar-refractivity contribution in [2.75, 3.05) is 5.32 Å². The molecule has 0 aliphatic rings. The Kier molecular flexibility index (Phi) is 6.61. The monoisotopic (exact) mass is 438 g/mol. The Morgan fingerprint density at radius 1 is 1.22 bits per heavy atom. The van der Waals surface area contributed by atoms with E-state index in [9.17, 15) is 28.1 Å². The number of alkyl halides is 3. The minimum Gasteiger partial charge on any atom is -0.325 e. The van der Waals surface area contributed by atoms with Crippen molar-refractivity contribution in [3.63, 3.8) is 0 Å². The molecule has 0 fully saturated rings. The van der Waals surface area contributed by atoms with Gasteiger partial charge in [-0.05, 0) is 25.1 Å². The number of nitrogens with zero attached hydrogens (tertiary/aromatic N) is 1. The molecule has 0 heterocycles. The van der Waals surface area contributed by atoms with Crippen LogP contribution in [0.3, 0.4) is 0 Å². The Labute approximate surface area is 166 Å². The van der Waals surface area contributed by atoms with Crippen molar-refractivity contribution < 1.29 is 22.9 Å². The minimum atomic E-state index is -4.88. The molecule has 144 valence electrons. The van der Waals surface area contributed by atoms with Gasteiger partial charge in [-0.15, -0.1) is 11.8 Å². The maximum absolute atomic E-state index is 13.2. The highest BCUT2D eigenvalue weighted by Gasteiger charge is 2.36. The van der Waals surface area contributed by atoms with Gasteiger partial charge in [-0.3, -0.25) is 14.9 Å². The fourth-order valence-electron chi connectivity index (χ4n) is 2.05. The van der Waals surface area contributed by atoms with E-state index in [1.54, 1.807) is 18.2 Å². The number of carbonyl (C=O) groups is 1. The number of nitro benzene ring substituents is 1. The van der Waals surface area contributed by atoms with Gasteiger partial charge >= 0.3 is 6.18 Å². The third kappa shape index (κ3) is 5.27. The molecule has 2 aromatic rings. The normalized spacial score (nSPS) is 12.5. The van der Waals surface area contributed by atoms with Gasteiger partial charge in [-0.1, -0.05) is 29.3 Å². The first-order chi connectivity index (χ1) is 12.5. The van der Waals surface area contributed by atoms with Crippen LogP contribution in [0.1, 0.15) is 12.5 Å². The Hall–Kier alpha value is -1.97. The lowest BCUT2D eigenvalue weighted by atomic mass is 10.1. The van der Waals surface area contributed by atoms with Gasteiger partial charge in [0.1, 0.15) is 0 Å². The first-order valence-electron chi connectivity index (χ1n) is 7.28. The molecule has 0 aromatic heterocycles. The average molecular weight is 439 g/mol. The zero-order valence-electron chi connectivity index (χ0n) is 13.5. The van der Waals surface area contributed by atoms with Crippen LogP contribution in [0.5, 0.6) is 0 Å². The molecule has 2 aromatic carbocycles. The lowest BCUT2D eigenvalue weighted by Gasteiger charge is -2.17. The van der Waals surface area contributed by atoms with Gasteiger partial charge in [0, 0.05) is 17.0 Å². The van der Waals surface area contributed by atoms with Crippen molar-refractivity contribution in [2.45, 2.75) is 23.2 Å². The van der Waals surface area contributed by atoms with Crippen LogP contribution < -0.4 is 5.32 Å². The summed E-state index contributed by atoms with van der Waals surface area (Å²) in [5.74, 6) is -0.740. The van der Waals surface area contributed by atoms with Gasteiger partial charge in [-0.25, -0.2) is 0 Å². The molecule has 0 spiro atoms. The molecule has 0 radical (unpaired) electrons. The molecule has 1 amide bonds. The maximum atomic E-state index is 13.2. The molecule has 27 heavy (non-hydrogen) atoms. The number of carbonyl (C=O) groups excluding carboxylic acids is 1. The Morgan fingerprint density at radius 2 is 1.81 bits per heavy atom. The summed E-state index contributed by atoms with van der Waals surface area (Å²) in [5, 5.41) is 12.6. The highest BCUT2D eigenvalue weighted by atomic mass is 35.5. The van der Waals surface area contributed by atoms with Crippen molar-refractivity contribution >= 4 is 52.2 Å². The van der Waals surface area contributed by atoms with Gasteiger partial charge in [0.2, 0.25) is 5.91 Å². The number of anilines is 1.